The Labute approximate surface area is 122 Å². The summed E-state index contributed by atoms with van der Waals surface area (Å²) < 4.78 is 1.71. The number of rotatable bonds is 3. The van der Waals surface area contributed by atoms with Crippen LogP contribution in [0.1, 0.15) is 26.7 Å². The van der Waals surface area contributed by atoms with Gasteiger partial charge >= 0.3 is 0 Å². The molecule has 2 aromatic rings. The number of aromatic nitrogens is 5. The fourth-order valence-electron chi connectivity index (χ4n) is 2.63. The zero-order valence-corrected chi connectivity index (χ0v) is 12.2. The molecule has 0 bridgehead atoms. The van der Waals surface area contributed by atoms with E-state index in [1.807, 2.05) is 0 Å². The smallest absolute Gasteiger partial charge is 0.241 e. The van der Waals surface area contributed by atoms with Crippen molar-refractivity contribution >= 4 is 17.5 Å². The Morgan fingerprint density at radius 2 is 2.10 bits per heavy atom. The van der Waals surface area contributed by atoms with Crippen LogP contribution < -0.4 is 5.32 Å². The monoisotopic (exact) mass is 292 g/mol. The van der Waals surface area contributed by atoms with Crippen molar-refractivity contribution < 1.29 is 0 Å². The second kappa shape index (κ2) is 5.36. The highest BCUT2D eigenvalue weighted by molar-refractivity contribution is 6.28. The van der Waals surface area contributed by atoms with Gasteiger partial charge in [-0.3, -0.25) is 4.57 Å². The maximum absolute atomic E-state index is 5.98. The zero-order valence-electron chi connectivity index (χ0n) is 11.5. The van der Waals surface area contributed by atoms with Crippen LogP contribution in [0, 0.1) is 11.8 Å². The number of halogens is 1. The Balaban J connectivity index is 1.83. The van der Waals surface area contributed by atoms with Gasteiger partial charge in [-0.15, -0.1) is 0 Å². The van der Waals surface area contributed by atoms with Crippen LogP contribution in [-0.4, -0.2) is 30.5 Å². The van der Waals surface area contributed by atoms with Gasteiger partial charge in [-0.2, -0.15) is 15.0 Å². The van der Waals surface area contributed by atoms with Gasteiger partial charge in [-0.05, 0) is 36.3 Å². The zero-order chi connectivity index (χ0) is 14.1. The number of anilines is 1. The van der Waals surface area contributed by atoms with Gasteiger partial charge in [0.1, 0.15) is 6.33 Å². The molecule has 0 saturated heterocycles. The summed E-state index contributed by atoms with van der Waals surface area (Å²) in [5.41, 5.74) is 0. The molecule has 0 aromatic carbocycles. The van der Waals surface area contributed by atoms with Gasteiger partial charge in [-0.1, -0.05) is 13.8 Å². The third kappa shape index (κ3) is 2.60. The highest BCUT2D eigenvalue weighted by Crippen LogP contribution is 2.32. The Bertz CT molecular complexity index is 585. The Morgan fingerprint density at radius 3 is 2.75 bits per heavy atom. The molecule has 3 rings (SSSR count). The van der Waals surface area contributed by atoms with Crippen LogP contribution in [0.25, 0.3) is 5.95 Å². The molecule has 106 valence electrons. The molecular weight excluding hydrogens is 276 g/mol. The van der Waals surface area contributed by atoms with E-state index in [1.54, 1.807) is 23.3 Å². The first-order valence-corrected chi connectivity index (χ1v) is 7.17. The molecule has 3 atom stereocenters. The van der Waals surface area contributed by atoms with Crippen LogP contribution in [0.15, 0.2) is 18.7 Å². The van der Waals surface area contributed by atoms with Crippen molar-refractivity contribution in [1.29, 1.82) is 0 Å². The lowest BCUT2D eigenvalue weighted by Crippen LogP contribution is -2.25. The van der Waals surface area contributed by atoms with Crippen molar-refractivity contribution in [2.75, 3.05) is 5.32 Å². The van der Waals surface area contributed by atoms with Gasteiger partial charge in [0.05, 0.1) is 0 Å². The number of nitrogens with one attached hydrogen (secondary N) is 1. The van der Waals surface area contributed by atoms with Gasteiger partial charge in [0, 0.05) is 18.4 Å². The van der Waals surface area contributed by atoms with E-state index in [0.717, 1.165) is 12.3 Å². The molecule has 6 nitrogen and oxygen atoms in total. The minimum Gasteiger partial charge on any atom is -0.351 e. The molecule has 1 aliphatic rings. The largest absolute Gasteiger partial charge is 0.351 e. The lowest BCUT2D eigenvalue weighted by atomic mass is 9.98. The normalized spacial score (nSPS) is 25.9. The molecule has 1 aliphatic carbocycles. The van der Waals surface area contributed by atoms with Crippen LogP contribution >= 0.6 is 11.6 Å². The highest BCUT2D eigenvalue weighted by Gasteiger charge is 2.30. The van der Waals surface area contributed by atoms with E-state index < -0.39 is 0 Å². The second-order valence-electron chi connectivity index (χ2n) is 5.36. The maximum atomic E-state index is 5.98. The average Bonchev–Trinajstić information content (AvgIpc) is 3.04. The fraction of sp³-hybridized carbons (Fsp3) is 0.538. The van der Waals surface area contributed by atoms with E-state index in [0.29, 0.717) is 23.9 Å². The van der Waals surface area contributed by atoms with Crippen molar-refractivity contribution in [1.82, 2.24) is 24.5 Å². The first-order valence-electron chi connectivity index (χ1n) is 6.80. The van der Waals surface area contributed by atoms with Crippen molar-refractivity contribution in [2.45, 2.75) is 32.7 Å². The Kier molecular flexibility index (Phi) is 3.56. The van der Waals surface area contributed by atoms with E-state index in [4.69, 9.17) is 11.6 Å². The fourth-order valence-corrected chi connectivity index (χ4v) is 2.79. The molecule has 20 heavy (non-hydrogen) atoms. The number of nitrogens with zero attached hydrogens (tertiary/aromatic N) is 5. The molecule has 2 aromatic heterocycles. The summed E-state index contributed by atoms with van der Waals surface area (Å²) in [5, 5.41) is 3.57. The van der Waals surface area contributed by atoms with Crippen LogP contribution in [0.2, 0.25) is 5.28 Å². The summed E-state index contributed by atoms with van der Waals surface area (Å²) in [7, 11) is 0. The standard InChI is InChI=1S/C13H17ClN6/c1-8-3-4-10(9(8)2)16-12-17-11(14)18-13(19-12)20-6-5-15-7-20/h5-10H,3-4H2,1-2H3,(H,16,17,18,19). The first-order chi connectivity index (χ1) is 9.63. The summed E-state index contributed by atoms with van der Waals surface area (Å²) in [5.74, 6) is 2.32. The SMILES string of the molecule is CC1CCC(Nc2nc(Cl)nc(-n3ccnc3)n2)C1C. The minimum atomic E-state index is 0.185. The molecule has 1 saturated carbocycles. The molecule has 0 amide bonds. The quantitative estimate of drug-likeness (QED) is 0.941. The van der Waals surface area contributed by atoms with Crippen molar-refractivity contribution in [3.05, 3.63) is 24.0 Å². The van der Waals surface area contributed by atoms with E-state index in [-0.39, 0.29) is 5.28 Å². The summed E-state index contributed by atoms with van der Waals surface area (Å²) in [4.78, 5) is 16.7. The van der Waals surface area contributed by atoms with Crippen molar-refractivity contribution in [3.63, 3.8) is 0 Å². The first kappa shape index (κ1) is 13.3. The van der Waals surface area contributed by atoms with E-state index in [2.05, 4.69) is 39.1 Å². The summed E-state index contributed by atoms with van der Waals surface area (Å²) in [6.45, 7) is 4.54. The second-order valence-corrected chi connectivity index (χ2v) is 5.70. The molecular formula is C13H17ClN6. The third-order valence-electron chi connectivity index (χ3n) is 4.11. The molecule has 1 fully saturated rings. The summed E-state index contributed by atoms with van der Waals surface area (Å²) in [6.07, 6.45) is 7.44. The maximum Gasteiger partial charge on any atom is 0.241 e. The lowest BCUT2D eigenvalue weighted by molar-refractivity contribution is 0.434. The highest BCUT2D eigenvalue weighted by atomic mass is 35.5. The van der Waals surface area contributed by atoms with E-state index in [1.165, 1.54) is 6.42 Å². The number of imidazole rings is 1. The predicted octanol–water partition coefficient (Wildman–Crippen LogP) is 2.56. The third-order valence-corrected chi connectivity index (χ3v) is 4.28. The van der Waals surface area contributed by atoms with Crippen molar-refractivity contribution in [2.24, 2.45) is 11.8 Å². The van der Waals surface area contributed by atoms with E-state index >= 15 is 0 Å². The molecule has 0 spiro atoms. The van der Waals surface area contributed by atoms with Crippen LogP contribution in [0.4, 0.5) is 5.95 Å². The topological polar surface area (TPSA) is 68.5 Å². The van der Waals surface area contributed by atoms with Gasteiger partial charge in [0.2, 0.25) is 17.2 Å². The molecule has 1 N–H and O–H groups in total. The minimum absolute atomic E-state index is 0.185. The molecule has 2 heterocycles. The Hall–Kier alpha value is -1.69. The van der Waals surface area contributed by atoms with Gasteiger partial charge in [0.25, 0.3) is 0 Å². The summed E-state index contributed by atoms with van der Waals surface area (Å²) in [6, 6.07) is 0.388. The van der Waals surface area contributed by atoms with E-state index in [9.17, 15) is 0 Å². The molecule has 3 unspecified atom stereocenters. The predicted molar refractivity (Wildman–Crippen MR) is 76.9 cm³/mol. The Morgan fingerprint density at radius 1 is 1.25 bits per heavy atom. The lowest BCUT2D eigenvalue weighted by Gasteiger charge is -2.19. The average molecular weight is 293 g/mol. The number of hydrogen-bond donors (Lipinski definition) is 1. The van der Waals surface area contributed by atoms with Gasteiger partial charge in [0.15, 0.2) is 0 Å². The number of hydrogen-bond acceptors (Lipinski definition) is 5. The molecule has 0 aliphatic heterocycles. The van der Waals surface area contributed by atoms with Gasteiger partial charge in [-0.25, -0.2) is 4.98 Å². The van der Waals surface area contributed by atoms with Crippen LogP contribution in [0.5, 0.6) is 0 Å². The molecule has 7 heteroatoms. The van der Waals surface area contributed by atoms with Crippen LogP contribution in [-0.2, 0) is 0 Å². The summed E-state index contributed by atoms with van der Waals surface area (Å²) >= 11 is 5.98. The van der Waals surface area contributed by atoms with Gasteiger partial charge < -0.3 is 5.32 Å². The van der Waals surface area contributed by atoms with Crippen LogP contribution in [0.3, 0.4) is 0 Å². The van der Waals surface area contributed by atoms with Crippen molar-refractivity contribution in [3.8, 4) is 5.95 Å². The molecule has 0 radical (unpaired) electrons.